The van der Waals surface area contributed by atoms with Crippen LogP contribution in [0.25, 0.3) is 0 Å². The van der Waals surface area contributed by atoms with Crippen LogP contribution in [-0.4, -0.2) is 23.4 Å². The molecule has 154 valence electrons. The van der Waals surface area contributed by atoms with Gasteiger partial charge in [0.05, 0.1) is 18.5 Å². The SMILES string of the molecule is CCc1ccccc1NCN1C(=O)C2C3c4ccccc4C(c4ccccc43)C2C1=O. The standard InChI is InChI=1S/C27H24N2O2/c1-2-16-9-3-8-14-21(16)28-15-29-26(30)24-22-17-10-4-5-11-18(17)23(25(24)27(29)31)20-13-7-6-12-19(20)22/h3-14,22-25,28H,2,15H2,1H3. The Balaban J connectivity index is 1.39. The van der Waals surface area contributed by atoms with Crippen LogP contribution in [0.2, 0.25) is 0 Å². The normalized spacial score (nSPS) is 25.3. The number of anilines is 1. The quantitative estimate of drug-likeness (QED) is 0.646. The predicted octanol–water partition coefficient (Wildman–Crippen LogP) is 4.51. The number of imide groups is 1. The molecule has 2 amide bonds. The van der Waals surface area contributed by atoms with Gasteiger partial charge in [0.1, 0.15) is 0 Å². The first kappa shape index (κ1) is 18.4. The predicted molar refractivity (Wildman–Crippen MR) is 120 cm³/mol. The number of para-hydroxylation sites is 1. The van der Waals surface area contributed by atoms with Crippen LogP contribution in [0.1, 0.15) is 46.6 Å². The Morgan fingerprint density at radius 1 is 0.710 bits per heavy atom. The average Bonchev–Trinajstić information content (AvgIpc) is 3.08. The maximum Gasteiger partial charge on any atom is 0.235 e. The zero-order valence-corrected chi connectivity index (χ0v) is 17.4. The minimum atomic E-state index is -0.314. The first-order valence-corrected chi connectivity index (χ1v) is 11.1. The summed E-state index contributed by atoms with van der Waals surface area (Å²) in [6.07, 6.45) is 0.894. The lowest BCUT2D eigenvalue weighted by Gasteiger charge is -2.45. The largest absolute Gasteiger partial charge is 0.367 e. The van der Waals surface area contributed by atoms with Crippen molar-refractivity contribution in [3.8, 4) is 0 Å². The lowest BCUT2D eigenvalue weighted by molar-refractivity contribution is -0.139. The monoisotopic (exact) mass is 408 g/mol. The fourth-order valence-electron chi connectivity index (χ4n) is 6.06. The van der Waals surface area contributed by atoms with Crippen molar-refractivity contribution in [3.63, 3.8) is 0 Å². The van der Waals surface area contributed by atoms with E-state index in [1.807, 2.05) is 42.5 Å². The molecule has 4 nitrogen and oxygen atoms in total. The van der Waals surface area contributed by atoms with Crippen LogP contribution in [0.3, 0.4) is 0 Å². The number of hydrogen-bond acceptors (Lipinski definition) is 3. The number of hydrogen-bond donors (Lipinski definition) is 1. The summed E-state index contributed by atoms with van der Waals surface area (Å²) in [4.78, 5) is 28.7. The van der Waals surface area contributed by atoms with E-state index in [2.05, 4.69) is 42.6 Å². The minimum Gasteiger partial charge on any atom is -0.367 e. The Hall–Kier alpha value is -3.40. The van der Waals surface area contributed by atoms with Crippen molar-refractivity contribution in [1.82, 2.24) is 4.90 Å². The summed E-state index contributed by atoms with van der Waals surface area (Å²) in [6, 6.07) is 24.8. The first-order chi connectivity index (χ1) is 15.2. The van der Waals surface area contributed by atoms with E-state index in [-0.39, 0.29) is 42.2 Å². The number of carbonyl (C=O) groups is 2. The minimum absolute atomic E-state index is 0.0458. The molecule has 2 atom stereocenters. The molecule has 2 bridgehead atoms. The molecule has 1 aliphatic heterocycles. The van der Waals surface area contributed by atoms with Gasteiger partial charge in [-0.3, -0.25) is 14.5 Å². The van der Waals surface area contributed by atoms with Gasteiger partial charge in [-0.05, 0) is 40.3 Å². The highest BCUT2D eigenvalue weighted by Gasteiger charge is 2.61. The van der Waals surface area contributed by atoms with Gasteiger partial charge in [-0.1, -0.05) is 73.7 Å². The highest BCUT2D eigenvalue weighted by Crippen LogP contribution is 2.60. The van der Waals surface area contributed by atoms with Crippen LogP contribution in [0.15, 0.2) is 72.8 Å². The lowest BCUT2D eigenvalue weighted by Crippen LogP contribution is -2.41. The molecule has 2 unspecified atom stereocenters. The van der Waals surface area contributed by atoms with E-state index in [4.69, 9.17) is 0 Å². The molecule has 7 rings (SSSR count). The van der Waals surface area contributed by atoms with Gasteiger partial charge in [0.15, 0.2) is 0 Å². The molecule has 1 saturated heterocycles. The van der Waals surface area contributed by atoms with Crippen LogP contribution in [0.4, 0.5) is 5.69 Å². The number of rotatable bonds is 4. The summed E-state index contributed by atoms with van der Waals surface area (Å²) >= 11 is 0. The molecule has 0 aromatic heterocycles. The Morgan fingerprint density at radius 2 is 1.16 bits per heavy atom. The molecule has 0 saturated carbocycles. The van der Waals surface area contributed by atoms with Crippen molar-refractivity contribution in [3.05, 3.63) is 101 Å². The molecule has 1 N–H and O–H groups in total. The topological polar surface area (TPSA) is 49.4 Å². The van der Waals surface area contributed by atoms with Crippen molar-refractivity contribution < 1.29 is 9.59 Å². The Morgan fingerprint density at radius 3 is 1.65 bits per heavy atom. The highest BCUT2D eigenvalue weighted by atomic mass is 16.2. The number of amides is 2. The van der Waals surface area contributed by atoms with E-state index in [0.717, 1.165) is 12.1 Å². The van der Waals surface area contributed by atoms with Crippen molar-refractivity contribution in [2.24, 2.45) is 11.8 Å². The van der Waals surface area contributed by atoms with Gasteiger partial charge >= 0.3 is 0 Å². The molecule has 3 aromatic carbocycles. The van der Waals surface area contributed by atoms with Gasteiger partial charge in [0, 0.05) is 17.5 Å². The van der Waals surface area contributed by atoms with Gasteiger partial charge in [0.25, 0.3) is 0 Å². The molecule has 1 heterocycles. The number of benzene rings is 3. The summed E-state index contributed by atoms with van der Waals surface area (Å²) in [7, 11) is 0. The Bertz CT molecular complexity index is 1100. The van der Waals surface area contributed by atoms with E-state index in [9.17, 15) is 9.59 Å². The highest BCUT2D eigenvalue weighted by molar-refractivity contribution is 6.07. The molecular formula is C27H24N2O2. The first-order valence-electron chi connectivity index (χ1n) is 11.1. The molecule has 3 aromatic rings. The Labute approximate surface area is 181 Å². The second kappa shape index (κ2) is 6.81. The number of nitrogens with one attached hydrogen (secondary N) is 1. The lowest BCUT2D eigenvalue weighted by atomic mass is 9.55. The van der Waals surface area contributed by atoms with Crippen LogP contribution in [0.5, 0.6) is 0 Å². The maximum atomic E-state index is 13.6. The van der Waals surface area contributed by atoms with Crippen molar-refractivity contribution in [1.29, 1.82) is 0 Å². The molecule has 3 aliphatic carbocycles. The van der Waals surface area contributed by atoms with Crippen LogP contribution in [0, 0.1) is 11.8 Å². The third kappa shape index (κ3) is 2.48. The van der Waals surface area contributed by atoms with Crippen molar-refractivity contribution in [2.75, 3.05) is 12.0 Å². The summed E-state index contributed by atoms with van der Waals surface area (Å²) in [5.74, 6) is -0.819. The number of carbonyl (C=O) groups excluding carboxylic acids is 2. The zero-order valence-electron chi connectivity index (χ0n) is 17.4. The van der Waals surface area contributed by atoms with Gasteiger partial charge < -0.3 is 5.32 Å². The van der Waals surface area contributed by atoms with E-state index >= 15 is 0 Å². The van der Waals surface area contributed by atoms with Crippen LogP contribution in [-0.2, 0) is 16.0 Å². The summed E-state index contributed by atoms with van der Waals surface area (Å²) in [5.41, 5.74) is 6.99. The zero-order chi connectivity index (χ0) is 21.1. The summed E-state index contributed by atoms with van der Waals surface area (Å²) < 4.78 is 0. The second-order valence-electron chi connectivity index (χ2n) is 8.71. The van der Waals surface area contributed by atoms with Crippen molar-refractivity contribution in [2.45, 2.75) is 25.2 Å². The fraction of sp³-hybridized carbons (Fsp3) is 0.259. The summed E-state index contributed by atoms with van der Waals surface area (Å²) in [6.45, 7) is 2.32. The van der Waals surface area contributed by atoms with Crippen LogP contribution < -0.4 is 5.32 Å². The Kier molecular flexibility index (Phi) is 4.04. The number of aryl methyl sites for hydroxylation is 1. The smallest absolute Gasteiger partial charge is 0.235 e. The van der Waals surface area contributed by atoms with E-state index in [0.29, 0.717) is 0 Å². The maximum absolute atomic E-state index is 13.6. The number of nitrogens with zero attached hydrogens (tertiary/aromatic N) is 1. The molecule has 1 fully saturated rings. The number of likely N-dealkylation sites (tertiary alicyclic amines) is 1. The molecule has 0 spiro atoms. The molecule has 31 heavy (non-hydrogen) atoms. The fourth-order valence-corrected chi connectivity index (χ4v) is 6.06. The van der Waals surface area contributed by atoms with E-state index < -0.39 is 0 Å². The molecule has 4 aliphatic rings. The summed E-state index contributed by atoms with van der Waals surface area (Å²) in [5, 5.41) is 3.35. The third-order valence-electron chi connectivity index (χ3n) is 7.37. The van der Waals surface area contributed by atoms with Gasteiger partial charge in [-0.25, -0.2) is 0 Å². The van der Waals surface area contributed by atoms with Gasteiger partial charge in [-0.15, -0.1) is 0 Å². The van der Waals surface area contributed by atoms with Gasteiger partial charge in [0.2, 0.25) is 11.8 Å². The van der Waals surface area contributed by atoms with Gasteiger partial charge in [-0.2, -0.15) is 0 Å². The second-order valence-corrected chi connectivity index (χ2v) is 8.71. The van der Waals surface area contributed by atoms with Crippen LogP contribution >= 0.6 is 0 Å². The van der Waals surface area contributed by atoms with E-state index in [1.165, 1.54) is 32.7 Å². The molecule has 4 heteroatoms. The van der Waals surface area contributed by atoms with E-state index in [1.54, 1.807) is 0 Å². The van der Waals surface area contributed by atoms with Crippen molar-refractivity contribution >= 4 is 17.5 Å². The average molecular weight is 409 g/mol. The third-order valence-corrected chi connectivity index (χ3v) is 7.37. The molecule has 0 radical (unpaired) electrons. The molecular weight excluding hydrogens is 384 g/mol.